The Labute approximate surface area is 167 Å². The topological polar surface area (TPSA) is 90.2 Å². The molecule has 0 aliphatic carbocycles. The van der Waals surface area contributed by atoms with Crippen LogP contribution < -0.4 is 10.1 Å². The highest BCUT2D eigenvalue weighted by Crippen LogP contribution is 2.36. The minimum Gasteiger partial charge on any atom is -0.434 e. The SMILES string of the molecule is Cc1ccc(Nc2ncnc(Oc3ccc4ccccc4c3)c2[N+](=O)[O-])c(C)c1. The summed E-state index contributed by atoms with van der Waals surface area (Å²) in [5, 5.41) is 16.8. The van der Waals surface area contributed by atoms with Gasteiger partial charge in [-0.3, -0.25) is 10.1 Å². The van der Waals surface area contributed by atoms with E-state index in [4.69, 9.17) is 4.74 Å². The number of ether oxygens (including phenoxy) is 1. The molecule has 7 nitrogen and oxygen atoms in total. The molecule has 3 aromatic carbocycles. The summed E-state index contributed by atoms with van der Waals surface area (Å²) in [6, 6.07) is 19.0. The van der Waals surface area contributed by atoms with Crippen molar-refractivity contribution in [3.63, 3.8) is 0 Å². The fraction of sp³-hybridized carbons (Fsp3) is 0.0909. The van der Waals surface area contributed by atoms with Crippen molar-refractivity contribution in [2.45, 2.75) is 13.8 Å². The lowest BCUT2D eigenvalue weighted by Crippen LogP contribution is -2.04. The van der Waals surface area contributed by atoms with Gasteiger partial charge in [-0.05, 0) is 48.4 Å². The molecule has 4 aromatic rings. The number of fused-ring (bicyclic) bond motifs is 1. The van der Waals surface area contributed by atoms with E-state index >= 15 is 0 Å². The van der Waals surface area contributed by atoms with Crippen molar-refractivity contribution in [1.82, 2.24) is 9.97 Å². The van der Waals surface area contributed by atoms with Gasteiger partial charge < -0.3 is 10.1 Å². The number of rotatable bonds is 5. The van der Waals surface area contributed by atoms with Gasteiger partial charge in [0, 0.05) is 5.69 Å². The molecular formula is C22H18N4O3. The number of benzene rings is 3. The number of hydrogen-bond donors (Lipinski definition) is 1. The Balaban J connectivity index is 1.71. The van der Waals surface area contributed by atoms with Crippen molar-refractivity contribution in [2.75, 3.05) is 5.32 Å². The van der Waals surface area contributed by atoms with Gasteiger partial charge in [-0.2, -0.15) is 4.98 Å². The van der Waals surface area contributed by atoms with Gasteiger partial charge in [-0.15, -0.1) is 0 Å². The van der Waals surface area contributed by atoms with Crippen LogP contribution in [0.1, 0.15) is 11.1 Å². The number of nitrogens with one attached hydrogen (secondary N) is 1. The molecule has 0 unspecified atom stereocenters. The van der Waals surface area contributed by atoms with Crippen molar-refractivity contribution < 1.29 is 9.66 Å². The van der Waals surface area contributed by atoms with Crippen LogP contribution in [0.15, 0.2) is 67.0 Å². The first-order valence-corrected chi connectivity index (χ1v) is 9.01. The van der Waals surface area contributed by atoms with Gasteiger partial charge in [-0.1, -0.05) is 48.0 Å². The van der Waals surface area contributed by atoms with E-state index in [1.165, 1.54) is 6.33 Å². The summed E-state index contributed by atoms with van der Waals surface area (Å²) in [7, 11) is 0. The molecule has 0 saturated carbocycles. The van der Waals surface area contributed by atoms with Crippen LogP contribution in [0.4, 0.5) is 17.2 Å². The van der Waals surface area contributed by atoms with Gasteiger partial charge in [-0.25, -0.2) is 4.98 Å². The normalized spacial score (nSPS) is 10.7. The Kier molecular flexibility index (Phi) is 4.78. The van der Waals surface area contributed by atoms with Crippen molar-refractivity contribution in [3.05, 3.63) is 88.2 Å². The molecule has 0 fully saturated rings. The van der Waals surface area contributed by atoms with Crippen LogP contribution in [0.2, 0.25) is 0 Å². The van der Waals surface area contributed by atoms with E-state index < -0.39 is 4.92 Å². The fourth-order valence-corrected chi connectivity index (χ4v) is 3.12. The summed E-state index contributed by atoms with van der Waals surface area (Å²) in [6.07, 6.45) is 1.25. The molecule has 0 aliphatic heterocycles. The zero-order valence-electron chi connectivity index (χ0n) is 15.9. The second-order valence-electron chi connectivity index (χ2n) is 6.69. The summed E-state index contributed by atoms with van der Waals surface area (Å²) >= 11 is 0. The number of anilines is 2. The van der Waals surface area contributed by atoms with E-state index in [0.29, 0.717) is 5.75 Å². The van der Waals surface area contributed by atoms with E-state index in [1.54, 1.807) is 6.07 Å². The Morgan fingerprint density at radius 2 is 1.76 bits per heavy atom. The third kappa shape index (κ3) is 3.84. The summed E-state index contributed by atoms with van der Waals surface area (Å²) in [5.74, 6) is 0.420. The van der Waals surface area contributed by atoms with Crippen molar-refractivity contribution in [1.29, 1.82) is 0 Å². The molecule has 29 heavy (non-hydrogen) atoms. The van der Waals surface area contributed by atoms with Crippen LogP contribution in [-0.4, -0.2) is 14.9 Å². The molecule has 4 rings (SSSR count). The monoisotopic (exact) mass is 386 g/mol. The molecule has 1 N–H and O–H groups in total. The molecule has 1 heterocycles. The summed E-state index contributed by atoms with van der Waals surface area (Å²) in [6.45, 7) is 3.91. The lowest BCUT2D eigenvalue weighted by atomic mass is 10.1. The van der Waals surface area contributed by atoms with Crippen LogP contribution in [-0.2, 0) is 0 Å². The van der Waals surface area contributed by atoms with Gasteiger partial charge in [0.15, 0.2) is 0 Å². The first kappa shape index (κ1) is 18.4. The first-order chi connectivity index (χ1) is 14.0. The van der Waals surface area contributed by atoms with Crippen molar-refractivity contribution >= 4 is 28.0 Å². The molecule has 1 aromatic heterocycles. The lowest BCUT2D eigenvalue weighted by molar-refractivity contribution is -0.385. The van der Waals surface area contributed by atoms with E-state index in [1.807, 2.05) is 68.4 Å². The minimum atomic E-state index is -0.539. The standard InChI is InChI=1S/C22H18N4O3/c1-14-7-10-19(15(2)11-14)25-21-20(26(27)28)22(24-13-23-21)29-18-9-8-16-5-3-4-6-17(16)12-18/h3-13H,1-2H3,(H,23,24,25). The Hall–Kier alpha value is -4.00. The molecule has 144 valence electrons. The van der Waals surface area contributed by atoms with E-state index in [0.717, 1.165) is 27.6 Å². The average molecular weight is 386 g/mol. The highest BCUT2D eigenvalue weighted by atomic mass is 16.6. The maximum atomic E-state index is 11.8. The van der Waals surface area contributed by atoms with E-state index in [-0.39, 0.29) is 17.4 Å². The molecule has 0 amide bonds. The van der Waals surface area contributed by atoms with Crippen LogP contribution in [0, 0.1) is 24.0 Å². The van der Waals surface area contributed by atoms with E-state index in [9.17, 15) is 10.1 Å². The van der Waals surface area contributed by atoms with Gasteiger partial charge >= 0.3 is 11.6 Å². The molecule has 0 bridgehead atoms. The second kappa shape index (κ2) is 7.55. The molecule has 0 aliphatic rings. The van der Waals surface area contributed by atoms with E-state index in [2.05, 4.69) is 15.3 Å². The second-order valence-corrected chi connectivity index (χ2v) is 6.69. The molecule has 0 atom stereocenters. The molecule has 0 radical (unpaired) electrons. The van der Waals surface area contributed by atoms with Gasteiger partial charge in [0.2, 0.25) is 5.82 Å². The molecular weight excluding hydrogens is 368 g/mol. The van der Waals surface area contributed by atoms with Gasteiger partial charge in [0.25, 0.3) is 0 Å². The van der Waals surface area contributed by atoms with Crippen LogP contribution >= 0.6 is 0 Å². The predicted octanol–water partition coefficient (Wildman–Crippen LogP) is 5.69. The number of aryl methyl sites for hydroxylation is 2. The highest BCUT2D eigenvalue weighted by Gasteiger charge is 2.25. The maximum absolute atomic E-state index is 11.8. The summed E-state index contributed by atoms with van der Waals surface area (Å²) < 4.78 is 5.77. The largest absolute Gasteiger partial charge is 0.434 e. The first-order valence-electron chi connectivity index (χ1n) is 9.01. The van der Waals surface area contributed by atoms with Crippen LogP contribution in [0.5, 0.6) is 11.6 Å². The lowest BCUT2D eigenvalue weighted by Gasteiger charge is -2.11. The number of nitrogens with zero attached hydrogens (tertiary/aromatic N) is 3. The Morgan fingerprint density at radius 1 is 0.966 bits per heavy atom. The Morgan fingerprint density at radius 3 is 2.52 bits per heavy atom. The predicted molar refractivity (Wildman–Crippen MR) is 112 cm³/mol. The average Bonchev–Trinajstić information content (AvgIpc) is 2.70. The minimum absolute atomic E-state index is 0.0766. The quantitative estimate of drug-likeness (QED) is 0.350. The van der Waals surface area contributed by atoms with Crippen molar-refractivity contribution in [2.24, 2.45) is 0 Å². The van der Waals surface area contributed by atoms with Crippen LogP contribution in [0.3, 0.4) is 0 Å². The number of aromatic nitrogens is 2. The van der Waals surface area contributed by atoms with Gasteiger partial charge in [0.1, 0.15) is 12.1 Å². The molecule has 0 spiro atoms. The van der Waals surface area contributed by atoms with Crippen molar-refractivity contribution in [3.8, 4) is 11.6 Å². The van der Waals surface area contributed by atoms with Gasteiger partial charge in [0.05, 0.1) is 4.92 Å². The molecule has 7 heteroatoms. The third-order valence-electron chi connectivity index (χ3n) is 4.54. The maximum Gasteiger partial charge on any atom is 0.373 e. The summed E-state index contributed by atoms with van der Waals surface area (Å²) in [4.78, 5) is 19.3. The Bertz CT molecular complexity index is 1220. The highest BCUT2D eigenvalue weighted by molar-refractivity contribution is 5.84. The smallest absolute Gasteiger partial charge is 0.373 e. The summed E-state index contributed by atoms with van der Waals surface area (Å²) in [5.41, 5.74) is 2.47. The zero-order valence-corrected chi connectivity index (χ0v) is 15.9. The zero-order chi connectivity index (χ0) is 20.4. The molecule has 0 saturated heterocycles. The fourth-order valence-electron chi connectivity index (χ4n) is 3.12. The third-order valence-corrected chi connectivity index (χ3v) is 4.54. The van der Waals surface area contributed by atoms with Crippen LogP contribution in [0.25, 0.3) is 10.8 Å². The number of hydrogen-bond acceptors (Lipinski definition) is 6. The number of nitro groups is 1.